The molecule has 0 unspecified atom stereocenters. The summed E-state index contributed by atoms with van der Waals surface area (Å²) in [5.41, 5.74) is 3.82. The van der Waals surface area contributed by atoms with Gasteiger partial charge in [-0.2, -0.15) is 5.26 Å². The van der Waals surface area contributed by atoms with Crippen molar-refractivity contribution < 1.29 is 13.9 Å². The number of hydrogen-bond donors (Lipinski definition) is 0. The molecule has 0 spiro atoms. The summed E-state index contributed by atoms with van der Waals surface area (Å²) in [7, 11) is 0. The molecule has 2 aromatic heterocycles. The van der Waals surface area contributed by atoms with Crippen molar-refractivity contribution in [2.24, 2.45) is 0 Å². The smallest absolute Gasteiger partial charge is 0.213 e. The maximum atomic E-state index is 14.2. The highest BCUT2D eigenvalue weighted by atomic mass is 35.5. The van der Waals surface area contributed by atoms with Gasteiger partial charge in [0.2, 0.25) is 5.88 Å². The number of hydrogen-bond acceptors (Lipinski definition) is 6. The zero-order valence-corrected chi connectivity index (χ0v) is 22.3. The van der Waals surface area contributed by atoms with Crippen molar-refractivity contribution in [1.82, 2.24) is 19.4 Å². The maximum Gasteiger partial charge on any atom is 0.213 e. The number of ether oxygens (including phenoxy) is 2. The molecule has 2 fully saturated rings. The van der Waals surface area contributed by atoms with Crippen LogP contribution in [0.25, 0.3) is 11.0 Å². The lowest BCUT2D eigenvalue weighted by atomic mass is 10.1. The Kier molecular flexibility index (Phi) is 7.47. The molecular weight excluding hydrogens is 517 g/mol. The van der Waals surface area contributed by atoms with Crippen LogP contribution >= 0.6 is 11.6 Å². The molecule has 2 aromatic carbocycles. The fourth-order valence-corrected chi connectivity index (χ4v) is 5.40. The van der Waals surface area contributed by atoms with Crippen molar-refractivity contribution >= 4 is 22.6 Å². The van der Waals surface area contributed by atoms with E-state index in [4.69, 9.17) is 26.1 Å². The van der Waals surface area contributed by atoms with Crippen molar-refractivity contribution in [3.63, 3.8) is 0 Å². The number of nitrogens with zero attached hydrogens (tertiary/aromatic N) is 5. The van der Waals surface area contributed by atoms with Crippen LogP contribution in [-0.4, -0.2) is 51.3 Å². The van der Waals surface area contributed by atoms with Gasteiger partial charge in [-0.05, 0) is 61.2 Å². The summed E-state index contributed by atoms with van der Waals surface area (Å²) in [5, 5.41) is 9.69. The molecule has 0 aliphatic carbocycles. The number of halogens is 2. The van der Waals surface area contributed by atoms with Gasteiger partial charge < -0.3 is 14.0 Å². The number of imidazole rings is 1. The predicted molar refractivity (Wildman–Crippen MR) is 146 cm³/mol. The van der Waals surface area contributed by atoms with E-state index in [0.717, 1.165) is 74.6 Å². The largest absolute Gasteiger partial charge is 0.474 e. The van der Waals surface area contributed by atoms with Gasteiger partial charge in [0.05, 0.1) is 41.9 Å². The molecule has 6 rings (SSSR count). The molecule has 2 aliphatic heterocycles. The Balaban J connectivity index is 1.08. The molecule has 0 radical (unpaired) electrons. The summed E-state index contributed by atoms with van der Waals surface area (Å²) in [6.07, 6.45) is 3.47. The van der Waals surface area contributed by atoms with Crippen molar-refractivity contribution in [2.45, 2.75) is 51.0 Å². The molecule has 0 N–H and O–H groups in total. The first-order valence-electron chi connectivity index (χ1n) is 13.3. The van der Waals surface area contributed by atoms with Gasteiger partial charge in [0.15, 0.2) is 0 Å². The summed E-state index contributed by atoms with van der Waals surface area (Å²) in [4.78, 5) is 11.9. The lowest BCUT2D eigenvalue weighted by Gasteiger charge is -2.32. The number of fused-ring (bicyclic) bond motifs is 1. The Morgan fingerprint density at radius 2 is 1.92 bits per heavy atom. The minimum absolute atomic E-state index is 0.0663. The zero-order valence-electron chi connectivity index (χ0n) is 21.5. The Bertz CT molecular complexity index is 1520. The minimum atomic E-state index is -0.331. The predicted octanol–water partition coefficient (Wildman–Crippen LogP) is 5.52. The number of benzene rings is 2. The summed E-state index contributed by atoms with van der Waals surface area (Å²) in [6.45, 7) is 4.09. The summed E-state index contributed by atoms with van der Waals surface area (Å²) < 4.78 is 28.4. The molecule has 7 nitrogen and oxygen atoms in total. The third-order valence-electron chi connectivity index (χ3n) is 7.49. The van der Waals surface area contributed by atoms with E-state index in [9.17, 15) is 9.65 Å². The van der Waals surface area contributed by atoms with Crippen LogP contribution in [0.5, 0.6) is 5.88 Å². The Hall–Kier alpha value is -3.51. The highest BCUT2D eigenvalue weighted by Gasteiger charge is 2.25. The van der Waals surface area contributed by atoms with E-state index in [1.54, 1.807) is 12.1 Å². The van der Waals surface area contributed by atoms with Gasteiger partial charge in [-0.25, -0.2) is 14.4 Å². The number of likely N-dealkylation sites (tertiary alicyclic amines) is 1. The van der Waals surface area contributed by atoms with E-state index in [0.29, 0.717) is 28.5 Å². The fraction of sp³-hybridized carbons (Fsp3) is 0.367. The number of piperidine rings is 1. The second kappa shape index (κ2) is 11.3. The SMILES string of the molecule is N#Cc1ccc2c(c1)nc(CN1CCC(Oc3cccc(Cc4ccc(Cl)cc4F)n3)CC1)n2C[C@@H]1CCO1. The number of pyridine rings is 1. The van der Waals surface area contributed by atoms with E-state index >= 15 is 0 Å². The van der Waals surface area contributed by atoms with Crippen LogP contribution in [0.2, 0.25) is 5.02 Å². The molecule has 1 atom stereocenters. The van der Waals surface area contributed by atoms with Crippen LogP contribution < -0.4 is 4.74 Å². The van der Waals surface area contributed by atoms with Crippen LogP contribution in [0.4, 0.5) is 4.39 Å². The molecule has 0 saturated carbocycles. The molecule has 4 heterocycles. The summed E-state index contributed by atoms with van der Waals surface area (Å²) >= 11 is 5.88. The highest BCUT2D eigenvalue weighted by molar-refractivity contribution is 6.30. The quantitative estimate of drug-likeness (QED) is 0.290. The van der Waals surface area contributed by atoms with Gasteiger partial charge in [-0.3, -0.25) is 4.90 Å². The van der Waals surface area contributed by atoms with Crippen molar-refractivity contribution in [3.8, 4) is 11.9 Å². The molecule has 9 heteroatoms. The van der Waals surface area contributed by atoms with E-state index in [1.807, 2.05) is 36.4 Å². The highest BCUT2D eigenvalue weighted by Crippen LogP contribution is 2.25. The maximum absolute atomic E-state index is 14.2. The van der Waals surface area contributed by atoms with Crippen molar-refractivity contribution in [3.05, 3.63) is 88.1 Å². The molecule has 4 aromatic rings. The number of nitriles is 1. The third-order valence-corrected chi connectivity index (χ3v) is 7.73. The first-order valence-corrected chi connectivity index (χ1v) is 13.7. The average molecular weight is 546 g/mol. The van der Waals surface area contributed by atoms with Crippen LogP contribution in [-0.2, 0) is 24.2 Å². The van der Waals surface area contributed by atoms with E-state index in [-0.39, 0.29) is 18.0 Å². The Morgan fingerprint density at radius 3 is 2.67 bits per heavy atom. The van der Waals surface area contributed by atoms with Gasteiger partial charge in [-0.15, -0.1) is 0 Å². The molecule has 200 valence electrons. The van der Waals surface area contributed by atoms with E-state index < -0.39 is 0 Å². The zero-order chi connectivity index (χ0) is 26.8. The standard InChI is InChI=1S/C30H29ClFN5O2/c31-22-6-5-21(26(32)16-22)15-23-2-1-3-30(34-23)39-24-8-11-36(12-9-24)19-29-35-27-14-20(17-33)4-7-28(27)37(29)18-25-10-13-38-25/h1-7,14,16,24-25H,8-13,15,18-19H2/t25-/m0/s1. The van der Waals surface area contributed by atoms with Crippen LogP contribution in [0, 0.1) is 17.1 Å². The Labute approximate surface area is 231 Å². The van der Waals surface area contributed by atoms with Gasteiger partial charge in [0.1, 0.15) is 17.7 Å². The van der Waals surface area contributed by atoms with Crippen LogP contribution in [0.1, 0.15) is 41.9 Å². The summed E-state index contributed by atoms with van der Waals surface area (Å²) in [5.74, 6) is 1.23. The molecule has 0 bridgehead atoms. The van der Waals surface area contributed by atoms with Crippen molar-refractivity contribution in [2.75, 3.05) is 19.7 Å². The minimum Gasteiger partial charge on any atom is -0.474 e. The first kappa shape index (κ1) is 25.8. The molecule has 39 heavy (non-hydrogen) atoms. The molecular formula is C30H29ClFN5O2. The number of rotatable bonds is 8. The third kappa shape index (κ3) is 5.91. The average Bonchev–Trinajstić information content (AvgIpc) is 3.25. The second-order valence-corrected chi connectivity index (χ2v) is 10.6. The second-order valence-electron chi connectivity index (χ2n) is 10.2. The van der Waals surface area contributed by atoms with Crippen molar-refractivity contribution in [1.29, 1.82) is 5.26 Å². The lowest BCUT2D eigenvalue weighted by molar-refractivity contribution is -0.0592. The van der Waals surface area contributed by atoms with Crippen LogP contribution in [0.15, 0.2) is 54.6 Å². The topological polar surface area (TPSA) is 76.2 Å². The Morgan fingerprint density at radius 1 is 1.08 bits per heavy atom. The van der Waals surface area contributed by atoms with Gasteiger partial charge in [0, 0.05) is 42.9 Å². The van der Waals surface area contributed by atoms with Gasteiger partial charge in [0.25, 0.3) is 0 Å². The number of aromatic nitrogens is 3. The normalized spacial score (nSPS) is 18.1. The molecule has 2 saturated heterocycles. The molecule has 0 amide bonds. The van der Waals surface area contributed by atoms with Gasteiger partial charge in [-0.1, -0.05) is 23.7 Å². The summed E-state index contributed by atoms with van der Waals surface area (Å²) in [6, 6.07) is 18.3. The monoisotopic (exact) mass is 545 g/mol. The van der Waals surface area contributed by atoms with Crippen LogP contribution in [0.3, 0.4) is 0 Å². The fourth-order valence-electron chi connectivity index (χ4n) is 5.24. The first-order chi connectivity index (χ1) is 19.0. The van der Waals surface area contributed by atoms with E-state index in [2.05, 4.69) is 20.5 Å². The lowest BCUT2D eigenvalue weighted by Crippen LogP contribution is -2.39. The van der Waals surface area contributed by atoms with E-state index in [1.165, 1.54) is 6.07 Å². The van der Waals surface area contributed by atoms with Gasteiger partial charge >= 0.3 is 0 Å². The molecule has 2 aliphatic rings.